The van der Waals surface area contributed by atoms with Crippen LogP contribution in [0.5, 0.6) is 0 Å². The molecule has 0 amide bonds. The summed E-state index contributed by atoms with van der Waals surface area (Å²) in [5.74, 6) is 5.24. The van der Waals surface area contributed by atoms with Crippen molar-refractivity contribution in [3.8, 4) is 0 Å². The van der Waals surface area contributed by atoms with Gasteiger partial charge in [-0.05, 0) is 25.2 Å². The summed E-state index contributed by atoms with van der Waals surface area (Å²) in [6.07, 6.45) is 2.51. The van der Waals surface area contributed by atoms with Crippen LogP contribution in [0.15, 0.2) is 0 Å². The van der Waals surface area contributed by atoms with Crippen molar-refractivity contribution in [2.24, 2.45) is 11.8 Å². The highest BCUT2D eigenvalue weighted by molar-refractivity contribution is 7.53. The predicted molar refractivity (Wildman–Crippen MR) is 41.9 cm³/mol. The topological polar surface area (TPSA) is 72.5 Å². The fourth-order valence-corrected chi connectivity index (χ4v) is 2.83. The second-order valence-electron chi connectivity index (χ2n) is 3.24. The van der Waals surface area contributed by atoms with Gasteiger partial charge in [-0.1, -0.05) is 6.92 Å². The Labute approximate surface area is 66.2 Å². The maximum atomic E-state index is 11.1. The van der Waals surface area contributed by atoms with Gasteiger partial charge >= 0.3 is 7.60 Å². The SMILES string of the molecule is CC1CCC(P(=O)(O)ON)C1. The van der Waals surface area contributed by atoms with E-state index in [0.717, 1.165) is 19.3 Å². The molecule has 4 nitrogen and oxygen atoms in total. The van der Waals surface area contributed by atoms with E-state index in [1.807, 2.05) is 0 Å². The smallest absolute Gasteiger partial charge is 0.323 e. The minimum atomic E-state index is -3.48. The molecule has 0 bridgehead atoms. The van der Waals surface area contributed by atoms with Crippen LogP contribution in [0, 0.1) is 5.92 Å². The quantitative estimate of drug-likeness (QED) is 0.494. The molecule has 0 aromatic carbocycles. The van der Waals surface area contributed by atoms with E-state index < -0.39 is 7.60 Å². The van der Waals surface area contributed by atoms with Gasteiger partial charge in [-0.25, -0.2) is 10.5 Å². The summed E-state index contributed by atoms with van der Waals surface area (Å²) in [6, 6.07) is 0. The molecule has 5 heteroatoms. The van der Waals surface area contributed by atoms with Gasteiger partial charge in [0.05, 0.1) is 5.66 Å². The summed E-state index contributed by atoms with van der Waals surface area (Å²) < 4.78 is 15.2. The zero-order valence-electron chi connectivity index (χ0n) is 6.56. The van der Waals surface area contributed by atoms with E-state index in [4.69, 9.17) is 10.8 Å². The van der Waals surface area contributed by atoms with Gasteiger partial charge in [0.2, 0.25) is 0 Å². The number of hydrogen-bond donors (Lipinski definition) is 2. The first kappa shape index (κ1) is 9.20. The highest BCUT2D eigenvalue weighted by atomic mass is 31.2. The standard InChI is InChI=1S/C6H14NO3P/c1-5-2-3-6(4-5)11(8,9)10-7/h5-6H,2-4,7H2,1H3,(H,8,9). The van der Waals surface area contributed by atoms with Crippen LogP contribution in [-0.4, -0.2) is 10.6 Å². The summed E-state index contributed by atoms with van der Waals surface area (Å²) in [5.41, 5.74) is -0.234. The molecule has 0 saturated heterocycles. The average molecular weight is 179 g/mol. The zero-order valence-corrected chi connectivity index (χ0v) is 7.46. The zero-order chi connectivity index (χ0) is 8.48. The van der Waals surface area contributed by atoms with E-state index in [1.165, 1.54) is 0 Å². The minimum absolute atomic E-state index is 0.234. The lowest BCUT2D eigenvalue weighted by atomic mass is 10.1. The third-order valence-corrected chi connectivity index (χ3v) is 3.97. The number of nitrogens with two attached hydrogens (primary N) is 1. The molecule has 1 aliphatic rings. The van der Waals surface area contributed by atoms with Crippen molar-refractivity contribution >= 4 is 7.60 Å². The van der Waals surface area contributed by atoms with Gasteiger partial charge in [-0.15, -0.1) is 0 Å². The first-order valence-electron chi connectivity index (χ1n) is 3.77. The van der Waals surface area contributed by atoms with Gasteiger partial charge in [0, 0.05) is 0 Å². The maximum absolute atomic E-state index is 11.1. The molecule has 1 aliphatic carbocycles. The first-order valence-corrected chi connectivity index (χ1v) is 5.42. The lowest BCUT2D eigenvalue weighted by Gasteiger charge is -2.14. The van der Waals surface area contributed by atoms with Crippen molar-refractivity contribution in [1.82, 2.24) is 0 Å². The Morgan fingerprint density at radius 1 is 1.64 bits per heavy atom. The van der Waals surface area contributed by atoms with Gasteiger partial charge in [0.25, 0.3) is 0 Å². The van der Waals surface area contributed by atoms with Crippen LogP contribution in [0.4, 0.5) is 0 Å². The second kappa shape index (κ2) is 3.23. The largest absolute Gasteiger partial charge is 0.347 e. The maximum Gasteiger partial charge on any atom is 0.347 e. The lowest BCUT2D eigenvalue weighted by Crippen LogP contribution is -2.09. The van der Waals surface area contributed by atoms with Gasteiger partial charge in [0.15, 0.2) is 0 Å². The monoisotopic (exact) mass is 179 g/mol. The van der Waals surface area contributed by atoms with Crippen LogP contribution in [0.3, 0.4) is 0 Å². The van der Waals surface area contributed by atoms with Crippen molar-refractivity contribution in [2.45, 2.75) is 31.8 Å². The molecule has 0 aromatic heterocycles. The van der Waals surface area contributed by atoms with E-state index in [2.05, 4.69) is 11.5 Å². The predicted octanol–water partition coefficient (Wildman–Crippen LogP) is 1.25. The Bertz CT molecular complexity index is 185. The summed E-state index contributed by atoms with van der Waals surface area (Å²) in [7, 11) is -3.48. The van der Waals surface area contributed by atoms with Crippen molar-refractivity contribution in [1.29, 1.82) is 0 Å². The lowest BCUT2D eigenvalue weighted by molar-refractivity contribution is 0.258. The Morgan fingerprint density at radius 2 is 2.27 bits per heavy atom. The second-order valence-corrected chi connectivity index (χ2v) is 5.31. The summed E-state index contributed by atoms with van der Waals surface area (Å²) in [6.45, 7) is 2.07. The van der Waals surface area contributed by atoms with Crippen molar-refractivity contribution < 1.29 is 14.1 Å². The van der Waals surface area contributed by atoms with Gasteiger partial charge in [-0.3, -0.25) is 4.57 Å². The van der Waals surface area contributed by atoms with Gasteiger partial charge in [0.1, 0.15) is 0 Å². The highest BCUT2D eigenvalue weighted by Crippen LogP contribution is 2.53. The Morgan fingerprint density at radius 3 is 2.64 bits per heavy atom. The molecule has 1 saturated carbocycles. The summed E-state index contributed by atoms with van der Waals surface area (Å²) in [5, 5.41) is 0. The normalized spacial score (nSPS) is 37.0. The van der Waals surface area contributed by atoms with E-state index >= 15 is 0 Å². The Hall–Kier alpha value is 0.110. The van der Waals surface area contributed by atoms with Crippen molar-refractivity contribution in [3.05, 3.63) is 0 Å². The molecule has 3 unspecified atom stereocenters. The third kappa shape index (κ3) is 2.03. The summed E-state index contributed by atoms with van der Waals surface area (Å²) >= 11 is 0. The van der Waals surface area contributed by atoms with Crippen molar-refractivity contribution in [3.63, 3.8) is 0 Å². The van der Waals surface area contributed by atoms with E-state index in [1.54, 1.807) is 0 Å². The van der Waals surface area contributed by atoms with E-state index in [-0.39, 0.29) is 5.66 Å². The van der Waals surface area contributed by atoms with Crippen LogP contribution in [-0.2, 0) is 9.19 Å². The molecule has 1 rings (SSSR count). The molecule has 0 spiro atoms. The van der Waals surface area contributed by atoms with Crippen LogP contribution in [0.1, 0.15) is 26.2 Å². The molecule has 3 N–H and O–H groups in total. The number of hydrogen-bond acceptors (Lipinski definition) is 3. The van der Waals surface area contributed by atoms with Gasteiger partial charge < -0.3 is 4.89 Å². The summed E-state index contributed by atoms with van der Waals surface area (Å²) in [4.78, 5) is 9.15. The Balaban J connectivity index is 2.56. The van der Waals surface area contributed by atoms with Crippen LogP contribution >= 0.6 is 7.60 Å². The highest BCUT2D eigenvalue weighted by Gasteiger charge is 2.36. The molecule has 0 heterocycles. The molecular weight excluding hydrogens is 165 g/mol. The fourth-order valence-electron chi connectivity index (χ4n) is 1.56. The molecule has 11 heavy (non-hydrogen) atoms. The van der Waals surface area contributed by atoms with Crippen LogP contribution in [0.2, 0.25) is 0 Å². The van der Waals surface area contributed by atoms with E-state index in [0.29, 0.717) is 5.92 Å². The average Bonchev–Trinajstić information content (AvgIpc) is 2.36. The minimum Gasteiger partial charge on any atom is -0.323 e. The molecule has 0 aromatic rings. The molecule has 66 valence electrons. The number of rotatable bonds is 2. The van der Waals surface area contributed by atoms with Crippen LogP contribution in [0.25, 0.3) is 0 Å². The molecule has 0 aliphatic heterocycles. The molecule has 0 radical (unpaired) electrons. The van der Waals surface area contributed by atoms with Crippen molar-refractivity contribution in [2.75, 3.05) is 0 Å². The van der Waals surface area contributed by atoms with Crippen LogP contribution < -0.4 is 5.90 Å². The molecule has 3 atom stereocenters. The van der Waals surface area contributed by atoms with E-state index in [9.17, 15) is 4.57 Å². The first-order chi connectivity index (χ1) is 5.06. The van der Waals surface area contributed by atoms with Gasteiger partial charge in [-0.2, -0.15) is 0 Å². The molecule has 1 fully saturated rings. The fraction of sp³-hybridized carbons (Fsp3) is 1.00. The molecular formula is C6H14NO3P. The Kier molecular flexibility index (Phi) is 2.70. The third-order valence-electron chi connectivity index (χ3n) is 2.28.